The Hall–Kier alpha value is -3.66. The Kier molecular flexibility index (Phi) is 6.02. The van der Waals surface area contributed by atoms with Crippen molar-refractivity contribution in [2.75, 3.05) is 14.2 Å². The highest BCUT2D eigenvalue weighted by Crippen LogP contribution is 2.31. The molecule has 0 amide bonds. The average molecular weight is 372 g/mol. The summed E-state index contributed by atoms with van der Waals surface area (Å²) >= 11 is 0. The van der Waals surface area contributed by atoms with Gasteiger partial charge in [0.15, 0.2) is 0 Å². The Labute approximate surface area is 164 Å². The number of rotatable bonds is 5. The molecule has 0 spiro atoms. The predicted octanol–water partition coefficient (Wildman–Crippen LogP) is 5.10. The second-order valence-electron chi connectivity index (χ2n) is 6.04. The van der Waals surface area contributed by atoms with E-state index in [1.165, 1.54) is 14.2 Å². The van der Waals surface area contributed by atoms with E-state index in [1.54, 1.807) is 24.3 Å². The topological polar surface area (TPSA) is 52.6 Å². The van der Waals surface area contributed by atoms with Gasteiger partial charge in [0, 0.05) is 0 Å². The summed E-state index contributed by atoms with van der Waals surface area (Å²) in [7, 11) is 2.68. The second kappa shape index (κ2) is 8.82. The molecule has 0 saturated heterocycles. The van der Waals surface area contributed by atoms with Crippen molar-refractivity contribution < 1.29 is 19.1 Å². The van der Waals surface area contributed by atoms with Gasteiger partial charge in [0.2, 0.25) is 0 Å². The Balaban J connectivity index is 2.17. The molecule has 0 aliphatic rings. The number of carbonyl (C=O) groups excluding carboxylic acids is 2. The lowest BCUT2D eigenvalue weighted by atomic mass is 9.92. The van der Waals surface area contributed by atoms with Crippen LogP contribution in [0.2, 0.25) is 0 Å². The molecule has 4 nitrogen and oxygen atoms in total. The summed E-state index contributed by atoms with van der Waals surface area (Å²) in [5.41, 5.74) is 3.73. The molecule has 0 bridgehead atoms. The zero-order chi connectivity index (χ0) is 19.9. The van der Waals surface area contributed by atoms with Gasteiger partial charge in [-0.3, -0.25) is 0 Å². The molecule has 0 aliphatic heterocycles. The lowest BCUT2D eigenvalue weighted by Gasteiger charge is -2.14. The maximum atomic E-state index is 12.6. The van der Waals surface area contributed by atoms with Crippen LogP contribution in [0.4, 0.5) is 0 Å². The van der Waals surface area contributed by atoms with Crippen molar-refractivity contribution in [3.8, 4) is 11.1 Å². The van der Waals surface area contributed by atoms with Crippen molar-refractivity contribution in [3.63, 3.8) is 0 Å². The van der Waals surface area contributed by atoms with Crippen LogP contribution in [-0.4, -0.2) is 26.2 Å². The summed E-state index contributed by atoms with van der Waals surface area (Å²) in [6, 6.07) is 22.3. The summed E-state index contributed by atoms with van der Waals surface area (Å²) in [6.45, 7) is 0. The fraction of sp³-hybridized carbons (Fsp3) is 0.0833. The van der Waals surface area contributed by atoms with E-state index in [0.29, 0.717) is 27.8 Å². The van der Waals surface area contributed by atoms with Crippen LogP contribution in [0.25, 0.3) is 23.3 Å². The van der Waals surface area contributed by atoms with Crippen LogP contribution in [0.1, 0.15) is 31.8 Å². The smallest absolute Gasteiger partial charge is 0.339 e. The minimum atomic E-state index is -0.469. The van der Waals surface area contributed by atoms with Crippen LogP contribution in [-0.2, 0) is 9.47 Å². The van der Waals surface area contributed by atoms with Gasteiger partial charge in [-0.05, 0) is 28.3 Å². The van der Waals surface area contributed by atoms with E-state index in [4.69, 9.17) is 9.47 Å². The van der Waals surface area contributed by atoms with Gasteiger partial charge < -0.3 is 9.47 Å². The van der Waals surface area contributed by atoms with E-state index in [2.05, 4.69) is 0 Å². The summed E-state index contributed by atoms with van der Waals surface area (Å²) in [5.74, 6) is -0.931. The highest BCUT2D eigenvalue weighted by atomic mass is 16.5. The number of carbonyl (C=O) groups is 2. The van der Waals surface area contributed by atoms with Crippen molar-refractivity contribution in [2.45, 2.75) is 0 Å². The van der Waals surface area contributed by atoms with Crippen molar-refractivity contribution in [1.82, 2.24) is 0 Å². The van der Waals surface area contributed by atoms with E-state index in [-0.39, 0.29) is 0 Å². The number of methoxy groups -OCH3 is 2. The van der Waals surface area contributed by atoms with Gasteiger partial charge in [0.25, 0.3) is 0 Å². The molecular weight excluding hydrogens is 352 g/mol. The lowest BCUT2D eigenvalue weighted by molar-refractivity contribution is 0.0590. The highest BCUT2D eigenvalue weighted by Gasteiger charge is 2.21. The standard InChI is InChI=1S/C24H20O4/c1-27-23(25)21-13-7-6-12-19(21)20-14-8-11-18(22(20)24(26)28-2)16-15-17-9-4-3-5-10-17/h3-16H,1-2H3/b16-15+. The molecule has 0 heterocycles. The monoisotopic (exact) mass is 372 g/mol. The molecule has 0 aromatic heterocycles. The minimum Gasteiger partial charge on any atom is -0.465 e. The second-order valence-corrected chi connectivity index (χ2v) is 6.04. The van der Waals surface area contributed by atoms with Crippen molar-refractivity contribution in [3.05, 3.63) is 95.1 Å². The van der Waals surface area contributed by atoms with E-state index in [0.717, 1.165) is 5.56 Å². The Morgan fingerprint density at radius 3 is 2.04 bits per heavy atom. The fourth-order valence-electron chi connectivity index (χ4n) is 3.02. The third-order valence-corrected chi connectivity index (χ3v) is 4.36. The molecule has 0 N–H and O–H groups in total. The molecule has 0 unspecified atom stereocenters. The van der Waals surface area contributed by atoms with E-state index in [1.807, 2.05) is 60.7 Å². The highest BCUT2D eigenvalue weighted by molar-refractivity contribution is 6.05. The fourth-order valence-corrected chi connectivity index (χ4v) is 3.02. The first-order valence-corrected chi connectivity index (χ1v) is 8.78. The number of ether oxygens (including phenoxy) is 2. The van der Waals surface area contributed by atoms with Crippen LogP contribution in [0.5, 0.6) is 0 Å². The maximum absolute atomic E-state index is 12.6. The molecule has 0 saturated carbocycles. The molecule has 0 radical (unpaired) electrons. The Bertz CT molecular complexity index is 1020. The Morgan fingerprint density at radius 2 is 1.32 bits per heavy atom. The number of hydrogen-bond donors (Lipinski definition) is 0. The molecule has 0 fully saturated rings. The number of esters is 2. The quantitative estimate of drug-likeness (QED) is 0.462. The third-order valence-electron chi connectivity index (χ3n) is 4.36. The summed E-state index contributed by atoms with van der Waals surface area (Å²) < 4.78 is 9.92. The number of hydrogen-bond acceptors (Lipinski definition) is 4. The zero-order valence-corrected chi connectivity index (χ0v) is 15.7. The average Bonchev–Trinajstić information content (AvgIpc) is 2.77. The first-order chi connectivity index (χ1) is 13.7. The SMILES string of the molecule is COC(=O)c1ccccc1-c1cccc(/C=C/c2ccccc2)c1C(=O)OC. The molecule has 4 heteroatoms. The van der Waals surface area contributed by atoms with Crippen LogP contribution < -0.4 is 0 Å². The van der Waals surface area contributed by atoms with Crippen molar-refractivity contribution in [2.24, 2.45) is 0 Å². The first-order valence-electron chi connectivity index (χ1n) is 8.78. The zero-order valence-electron chi connectivity index (χ0n) is 15.7. The van der Waals surface area contributed by atoms with Gasteiger partial charge in [-0.25, -0.2) is 9.59 Å². The van der Waals surface area contributed by atoms with Gasteiger partial charge in [-0.1, -0.05) is 78.9 Å². The van der Waals surface area contributed by atoms with E-state index >= 15 is 0 Å². The van der Waals surface area contributed by atoms with Crippen molar-refractivity contribution in [1.29, 1.82) is 0 Å². The molecule has 0 aliphatic carbocycles. The molecule has 140 valence electrons. The summed E-state index contributed by atoms with van der Waals surface area (Å²) in [5, 5.41) is 0. The van der Waals surface area contributed by atoms with Crippen LogP contribution in [0, 0.1) is 0 Å². The lowest BCUT2D eigenvalue weighted by Crippen LogP contribution is -2.09. The van der Waals surface area contributed by atoms with Crippen LogP contribution in [0.15, 0.2) is 72.8 Å². The van der Waals surface area contributed by atoms with E-state index < -0.39 is 11.9 Å². The molecule has 3 aromatic carbocycles. The van der Waals surface area contributed by atoms with Gasteiger partial charge in [0.05, 0.1) is 25.3 Å². The summed E-state index contributed by atoms with van der Waals surface area (Å²) in [6.07, 6.45) is 3.80. The molecule has 3 rings (SSSR count). The molecule has 3 aromatic rings. The van der Waals surface area contributed by atoms with Gasteiger partial charge in [-0.2, -0.15) is 0 Å². The van der Waals surface area contributed by atoms with Crippen molar-refractivity contribution >= 4 is 24.1 Å². The third kappa shape index (κ3) is 4.01. The van der Waals surface area contributed by atoms with E-state index in [9.17, 15) is 9.59 Å². The first kappa shape index (κ1) is 19.1. The van der Waals surface area contributed by atoms with Gasteiger partial charge in [0.1, 0.15) is 0 Å². The largest absolute Gasteiger partial charge is 0.465 e. The summed E-state index contributed by atoms with van der Waals surface area (Å²) in [4.78, 5) is 24.8. The van der Waals surface area contributed by atoms with Crippen LogP contribution >= 0.6 is 0 Å². The Morgan fingerprint density at radius 1 is 0.679 bits per heavy atom. The minimum absolute atomic E-state index is 0.388. The molecule has 28 heavy (non-hydrogen) atoms. The molecule has 0 atom stereocenters. The van der Waals surface area contributed by atoms with Crippen LogP contribution in [0.3, 0.4) is 0 Å². The predicted molar refractivity (Wildman–Crippen MR) is 110 cm³/mol. The number of benzene rings is 3. The van der Waals surface area contributed by atoms with Gasteiger partial charge in [-0.15, -0.1) is 0 Å². The van der Waals surface area contributed by atoms with Gasteiger partial charge >= 0.3 is 11.9 Å². The maximum Gasteiger partial charge on any atom is 0.339 e. The normalized spacial score (nSPS) is 10.6. The molecular formula is C24H20O4.